The van der Waals surface area contributed by atoms with Gasteiger partial charge in [-0.05, 0) is 95.7 Å². The van der Waals surface area contributed by atoms with Crippen LogP contribution < -0.4 is 20.7 Å². The van der Waals surface area contributed by atoms with Crippen LogP contribution in [0.15, 0.2) is 73.1 Å². The first kappa shape index (κ1) is 41.8. The molecule has 4 amide bonds. The van der Waals surface area contributed by atoms with Crippen LogP contribution in [0.5, 0.6) is 5.75 Å². The van der Waals surface area contributed by atoms with E-state index in [4.69, 9.17) is 9.47 Å². The molecular formula is C41H53N5O7S. The summed E-state index contributed by atoms with van der Waals surface area (Å²) in [5.74, 6) is -1.91. The zero-order valence-corrected chi connectivity index (χ0v) is 33.1. The Morgan fingerprint density at radius 2 is 1.57 bits per heavy atom. The Kier molecular flexibility index (Phi) is 14.7. The summed E-state index contributed by atoms with van der Waals surface area (Å²) in [5.41, 5.74) is 2.94. The van der Waals surface area contributed by atoms with E-state index in [0.29, 0.717) is 18.7 Å². The lowest BCUT2D eigenvalue weighted by molar-refractivity contribution is -0.164. The minimum atomic E-state index is -1.53. The van der Waals surface area contributed by atoms with Gasteiger partial charge in [0.05, 0.1) is 18.3 Å². The third kappa shape index (κ3) is 12.3. The van der Waals surface area contributed by atoms with Crippen LogP contribution in [0.25, 0.3) is 0 Å². The lowest BCUT2D eigenvalue weighted by Crippen LogP contribution is -2.61. The van der Waals surface area contributed by atoms with Crippen LogP contribution in [0.1, 0.15) is 69.7 Å². The van der Waals surface area contributed by atoms with Gasteiger partial charge in [-0.2, -0.15) is 0 Å². The minimum Gasteiger partial charge on any atom is -0.483 e. The number of carbonyl (C=O) groups is 5. The molecule has 0 bridgehead atoms. The fourth-order valence-corrected chi connectivity index (χ4v) is 7.37. The Labute approximate surface area is 322 Å². The number of aromatic nitrogens is 1. The summed E-state index contributed by atoms with van der Waals surface area (Å²) in [7, 11) is 0. The number of rotatable bonds is 16. The van der Waals surface area contributed by atoms with Crippen LogP contribution in [-0.4, -0.2) is 87.0 Å². The van der Waals surface area contributed by atoms with Gasteiger partial charge in [0.15, 0.2) is 6.61 Å². The van der Waals surface area contributed by atoms with Gasteiger partial charge < -0.3 is 30.3 Å². The standard InChI is InChI=1S/C41H53N5O7S/c1-27-12-11-13-28(2)35(27)52-25-33(48)44-31(24-30-14-9-8-10-15-30)36(39(51)46-26-54-41(6,7)37(46)38(50)45-40(3,4)5)53-34(49)17-16-32(47)43-23-20-29-18-21-42-22-19-29/h8-15,18-19,21-22,31,36-37H,16-17,20,23-26H2,1-7H3,(H,43,47)(H,44,48)(H,45,50)/t31-,36-,37+/m0/s1. The fourth-order valence-electron chi connectivity index (χ4n) is 6.23. The summed E-state index contributed by atoms with van der Waals surface area (Å²) in [6.07, 6.45) is 2.07. The van der Waals surface area contributed by atoms with E-state index in [1.54, 1.807) is 12.4 Å². The highest BCUT2D eigenvalue weighted by Crippen LogP contribution is 2.40. The van der Waals surface area contributed by atoms with Gasteiger partial charge in [-0.1, -0.05) is 48.5 Å². The molecule has 2 heterocycles. The monoisotopic (exact) mass is 759 g/mol. The molecule has 0 unspecified atom stereocenters. The quantitative estimate of drug-likeness (QED) is 0.180. The predicted octanol–water partition coefficient (Wildman–Crippen LogP) is 4.45. The van der Waals surface area contributed by atoms with E-state index in [9.17, 15) is 24.0 Å². The highest BCUT2D eigenvalue weighted by molar-refractivity contribution is 8.00. The molecule has 1 aliphatic heterocycles. The second-order valence-electron chi connectivity index (χ2n) is 15.1. The number of pyridine rings is 1. The van der Waals surface area contributed by atoms with Gasteiger partial charge in [0.25, 0.3) is 11.8 Å². The summed E-state index contributed by atoms with van der Waals surface area (Å²) in [6.45, 7) is 13.1. The van der Waals surface area contributed by atoms with Crippen LogP contribution in [0.4, 0.5) is 0 Å². The van der Waals surface area contributed by atoms with Gasteiger partial charge in [0.1, 0.15) is 11.8 Å². The smallest absolute Gasteiger partial charge is 0.307 e. The molecule has 290 valence electrons. The molecule has 1 aromatic heterocycles. The number of ether oxygens (including phenoxy) is 2. The van der Waals surface area contributed by atoms with Crippen LogP contribution in [0, 0.1) is 13.8 Å². The van der Waals surface area contributed by atoms with Crippen molar-refractivity contribution in [3.05, 3.63) is 95.3 Å². The lowest BCUT2D eigenvalue weighted by atomic mass is 9.96. The highest BCUT2D eigenvalue weighted by Gasteiger charge is 2.51. The summed E-state index contributed by atoms with van der Waals surface area (Å²) in [4.78, 5) is 73.7. The molecule has 54 heavy (non-hydrogen) atoms. The Morgan fingerprint density at radius 1 is 0.907 bits per heavy atom. The molecule has 3 N–H and O–H groups in total. The summed E-state index contributed by atoms with van der Waals surface area (Å²) >= 11 is 1.43. The Morgan fingerprint density at radius 3 is 2.22 bits per heavy atom. The minimum absolute atomic E-state index is 0.123. The molecule has 0 saturated carbocycles. The summed E-state index contributed by atoms with van der Waals surface area (Å²) in [6, 6.07) is 16.7. The number of thioether (sulfide) groups is 1. The zero-order chi connectivity index (χ0) is 39.5. The topological polar surface area (TPSA) is 156 Å². The van der Waals surface area contributed by atoms with Gasteiger partial charge >= 0.3 is 5.97 Å². The SMILES string of the molecule is Cc1cccc(C)c1OCC(=O)N[C@@H](Cc1ccccc1)[C@H](OC(=O)CCC(=O)NCCc1ccncc1)C(=O)N1CSC(C)(C)[C@H]1C(=O)NC(C)(C)C. The second-order valence-corrected chi connectivity index (χ2v) is 16.7. The van der Waals surface area contributed by atoms with E-state index in [1.165, 1.54) is 16.7 Å². The third-order valence-corrected chi connectivity index (χ3v) is 10.3. The van der Waals surface area contributed by atoms with E-state index < -0.39 is 46.3 Å². The van der Waals surface area contributed by atoms with Crippen LogP contribution in [-0.2, 0) is 41.6 Å². The van der Waals surface area contributed by atoms with E-state index in [1.807, 2.05) is 109 Å². The molecule has 4 rings (SSSR count). The molecule has 13 heteroatoms. The van der Waals surface area contributed by atoms with Crippen LogP contribution >= 0.6 is 11.8 Å². The normalized spacial score (nSPS) is 16.1. The molecule has 2 aromatic carbocycles. The number of carbonyl (C=O) groups excluding carboxylic acids is 5. The van der Waals surface area contributed by atoms with Crippen molar-refractivity contribution in [3.63, 3.8) is 0 Å². The van der Waals surface area contributed by atoms with Crippen molar-refractivity contribution in [2.45, 2.75) is 103 Å². The Balaban J connectivity index is 1.59. The molecule has 1 aliphatic rings. The maximum absolute atomic E-state index is 14.7. The molecule has 0 aliphatic carbocycles. The molecule has 1 fully saturated rings. The number of nitrogens with zero attached hydrogens (tertiary/aromatic N) is 2. The first-order chi connectivity index (χ1) is 25.5. The molecule has 0 radical (unpaired) electrons. The number of para-hydroxylation sites is 1. The number of hydrogen-bond acceptors (Lipinski definition) is 9. The van der Waals surface area contributed by atoms with Crippen molar-refractivity contribution in [2.24, 2.45) is 0 Å². The average molecular weight is 760 g/mol. The molecule has 3 aromatic rings. The summed E-state index contributed by atoms with van der Waals surface area (Å²) < 4.78 is 11.2. The van der Waals surface area contributed by atoms with Crippen molar-refractivity contribution < 1.29 is 33.4 Å². The fraction of sp³-hybridized carbons (Fsp3) is 0.463. The number of aryl methyl sites for hydroxylation is 2. The largest absolute Gasteiger partial charge is 0.483 e. The number of benzene rings is 2. The summed E-state index contributed by atoms with van der Waals surface area (Å²) in [5, 5.41) is 8.72. The van der Waals surface area contributed by atoms with Gasteiger partial charge in [0, 0.05) is 35.6 Å². The zero-order valence-electron chi connectivity index (χ0n) is 32.3. The number of nitrogens with one attached hydrogen (secondary N) is 3. The van der Waals surface area contributed by atoms with Gasteiger partial charge in [0.2, 0.25) is 17.9 Å². The maximum atomic E-state index is 14.7. The Bertz CT molecular complexity index is 1740. The van der Waals surface area contributed by atoms with E-state index in [-0.39, 0.29) is 43.6 Å². The van der Waals surface area contributed by atoms with Crippen molar-refractivity contribution in [1.29, 1.82) is 0 Å². The first-order valence-corrected chi connectivity index (χ1v) is 19.2. The molecular weight excluding hydrogens is 707 g/mol. The van der Waals surface area contributed by atoms with E-state index >= 15 is 0 Å². The predicted molar refractivity (Wildman–Crippen MR) is 209 cm³/mol. The van der Waals surface area contributed by atoms with Crippen LogP contribution in [0.3, 0.4) is 0 Å². The molecule has 1 saturated heterocycles. The highest BCUT2D eigenvalue weighted by atomic mass is 32.2. The first-order valence-electron chi connectivity index (χ1n) is 18.2. The van der Waals surface area contributed by atoms with E-state index in [2.05, 4.69) is 20.9 Å². The molecule has 12 nitrogen and oxygen atoms in total. The van der Waals surface area contributed by atoms with Gasteiger partial charge in [-0.25, -0.2) is 0 Å². The van der Waals surface area contributed by atoms with Crippen molar-refractivity contribution >= 4 is 41.4 Å². The number of esters is 1. The van der Waals surface area contributed by atoms with Crippen molar-refractivity contribution in [3.8, 4) is 5.75 Å². The average Bonchev–Trinajstić information content (AvgIpc) is 3.44. The number of amides is 4. The third-order valence-electron chi connectivity index (χ3n) is 8.89. The maximum Gasteiger partial charge on any atom is 0.307 e. The van der Waals surface area contributed by atoms with Crippen molar-refractivity contribution in [1.82, 2.24) is 25.8 Å². The van der Waals surface area contributed by atoms with E-state index in [0.717, 1.165) is 22.3 Å². The van der Waals surface area contributed by atoms with Gasteiger partial charge in [-0.15, -0.1) is 11.8 Å². The van der Waals surface area contributed by atoms with Gasteiger partial charge in [-0.3, -0.25) is 29.0 Å². The molecule has 3 atom stereocenters. The number of hydrogen-bond donors (Lipinski definition) is 3. The molecule has 0 spiro atoms. The Hall–Kier alpha value is -4.91. The lowest BCUT2D eigenvalue weighted by Gasteiger charge is -2.36. The van der Waals surface area contributed by atoms with Crippen molar-refractivity contribution in [2.75, 3.05) is 19.0 Å². The van der Waals surface area contributed by atoms with Crippen LogP contribution in [0.2, 0.25) is 0 Å². The second kappa shape index (κ2) is 18.9.